The summed E-state index contributed by atoms with van der Waals surface area (Å²) in [5.74, 6) is 0. The van der Waals surface area contributed by atoms with E-state index in [1.165, 1.54) is 5.33 Å². The molecule has 0 aliphatic carbocycles. The molecule has 0 aromatic rings. The van der Waals surface area contributed by atoms with Crippen molar-refractivity contribution < 1.29 is 5.11 Å². The first-order valence-electron chi connectivity index (χ1n) is 0.915. The van der Waals surface area contributed by atoms with Gasteiger partial charge in [0.2, 0.25) is 0 Å². The molecule has 0 heterocycles. The third-order valence-corrected chi connectivity index (χ3v) is 0.327. The van der Waals surface area contributed by atoms with Gasteiger partial charge in [-0.2, -0.15) is 0 Å². The van der Waals surface area contributed by atoms with E-state index in [1.807, 2.05) is 0 Å². The molecular formula is C2H3BrO. The smallest absolute Gasteiger partial charge is 0.0959 e. The Balaban J connectivity index is 1.97. The number of hydrogen-bond donors (Lipinski definition) is 0. The van der Waals surface area contributed by atoms with Crippen molar-refractivity contribution in [1.82, 2.24) is 0 Å². The molecule has 0 aliphatic heterocycles. The number of halogens is 1. The minimum Gasteiger partial charge on any atom is -0.235 e. The van der Waals surface area contributed by atoms with Gasteiger partial charge >= 0.3 is 0 Å². The predicted molar refractivity (Wildman–Crippen MR) is 18.8 cm³/mol. The molecule has 0 saturated heterocycles. The topological polar surface area (TPSA) is 19.9 Å². The van der Waals surface area contributed by atoms with Crippen LogP contribution in [0.1, 0.15) is 0 Å². The zero-order chi connectivity index (χ0) is 3.41. The second kappa shape index (κ2) is 3.44. The maximum Gasteiger partial charge on any atom is 0.0959 e. The average Bonchev–Trinajstić information content (AvgIpc) is 1.37. The summed E-state index contributed by atoms with van der Waals surface area (Å²) in [6.45, 7) is -0.139. The van der Waals surface area contributed by atoms with Crippen molar-refractivity contribution in [2.45, 2.75) is 0 Å². The van der Waals surface area contributed by atoms with Gasteiger partial charge in [0.05, 0.1) is 11.9 Å². The molecule has 0 unspecified atom stereocenters. The molecule has 0 atom stereocenters. The molecule has 2 heteroatoms. The molecule has 2 radical (unpaired) electrons. The van der Waals surface area contributed by atoms with Crippen LogP contribution in [-0.2, 0) is 5.11 Å². The minimum absolute atomic E-state index is 0.139. The highest BCUT2D eigenvalue weighted by Crippen LogP contribution is 1.80. The highest BCUT2D eigenvalue weighted by Gasteiger charge is 1.64. The monoisotopic (exact) mass is 122 g/mol. The molecule has 0 rings (SSSR count). The Labute approximate surface area is 33.8 Å². The predicted octanol–water partition coefficient (Wildman–Crippen LogP) is 0.974. The number of hydrogen-bond acceptors (Lipinski definition) is 0. The zero-order valence-corrected chi connectivity index (χ0v) is 3.66. The van der Waals surface area contributed by atoms with Crippen molar-refractivity contribution in [3.05, 3.63) is 5.33 Å². The summed E-state index contributed by atoms with van der Waals surface area (Å²) >= 11 is 2.81. The van der Waals surface area contributed by atoms with Crippen molar-refractivity contribution in [2.24, 2.45) is 0 Å². The Bertz CT molecular complexity index is 8.00. The highest BCUT2D eigenvalue weighted by molar-refractivity contribution is 9.10. The van der Waals surface area contributed by atoms with Crippen LogP contribution in [-0.4, -0.2) is 6.61 Å². The summed E-state index contributed by atoms with van der Waals surface area (Å²) in [7, 11) is 0. The second-order valence-corrected chi connectivity index (χ2v) is 0.968. The fourth-order valence-electron chi connectivity index (χ4n) is 0. The van der Waals surface area contributed by atoms with Crippen LogP contribution >= 0.6 is 15.9 Å². The maximum absolute atomic E-state index is 9.20. The van der Waals surface area contributed by atoms with Gasteiger partial charge < -0.3 is 0 Å². The quantitative estimate of drug-likeness (QED) is 0.495. The Morgan fingerprint density at radius 2 is 2.25 bits per heavy atom. The van der Waals surface area contributed by atoms with Crippen LogP contribution in [0.25, 0.3) is 0 Å². The molecule has 0 bridgehead atoms. The molecule has 0 fully saturated rings. The first-order valence-corrected chi connectivity index (χ1v) is 1.83. The third-order valence-electron chi connectivity index (χ3n) is 0.0630. The molecular weight excluding hydrogens is 120 g/mol. The normalized spacial score (nSPS) is 7.50. The fourth-order valence-corrected chi connectivity index (χ4v) is 0. The van der Waals surface area contributed by atoms with E-state index < -0.39 is 0 Å². The van der Waals surface area contributed by atoms with Gasteiger partial charge in [-0.25, -0.2) is 5.11 Å². The van der Waals surface area contributed by atoms with E-state index in [0.717, 1.165) is 0 Å². The summed E-state index contributed by atoms with van der Waals surface area (Å²) in [5, 5.41) is 10.6. The Kier molecular flexibility index (Phi) is 3.82. The van der Waals surface area contributed by atoms with Gasteiger partial charge in [0, 0.05) is 0 Å². The second-order valence-electron chi connectivity index (χ2n) is 0.321. The van der Waals surface area contributed by atoms with E-state index in [1.54, 1.807) is 0 Å². The van der Waals surface area contributed by atoms with E-state index in [-0.39, 0.29) is 6.61 Å². The molecule has 4 heavy (non-hydrogen) atoms. The first-order chi connectivity index (χ1) is 1.91. The van der Waals surface area contributed by atoms with Gasteiger partial charge in [-0.3, -0.25) is 0 Å². The summed E-state index contributed by atoms with van der Waals surface area (Å²) in [4.78, 5) is 0. The van der Waals surface area contributed by atoms with Crippen LogP contribution in [0.2, 0.25) is 0 Å². The summed E-state index contributed by atoms with van der Waals surface area (Å²) in [5.41, 5.74) is 0. The molecule has 0 aromatic heterocycles. The van der Waals surface area contributed by atoms with Crippen LogP contribution < -0.4 is 0 Å². The Morgan fingerprint density at radius 3 is 2.25 bits per heavy atom. The Morgan fingerprint density at radius 1 is 2.00 bits per heavy atom. The molecule has 0 N–H and O–H groups in total. The molecule has 1 nitrogen and oxygen atoms in total. The molecule has 0 amide bonds. The lowest BCUT2D eigenvalue weighted by atomic mass is 10.9. The van der Waals surface area contributed by atoms with Crippen LogP contribution in [0.4, 0.5) is 0 Å². The van der Waals surface area contributed by atoms with Crippen LogP contribution in [0.5, 0.6) is 0 Å². The minimum atomic E-state index is -0.139. The maximum atomic E-state index is 9.20. The van der Waals surface area contributed by atoms with Crippen molar-refractivity contribution in [3.63, 3.8) is 0 Å². The summed E-state index contributed by atoms with van der Waals surface area (Å²) < 4.78 is 0. The highest BCUT2D eigenvalue weighted by atomic mass is 79.9. The van der Waals surface area contributed by atoms with Gasteiger partial charge in [0.1, 0.15) is 0 Å². The van der Waals surface area contributed by atoms with Crippen molar-refractivity contribution in [2.75, 3.05) is 6.61 Å². The molecule has 24 valence electrons. The van der Waals surface area contributed by atoms with Crippen LogP contribution in [0, 0.1) is 5.33 Å². The lowest BCUT2D eigenvalue weighted by Gasteiger charge is -1.61. The van der Waals surface area contributed by atoms with E-state index >= 15 is 0 Å². The van der Waals surface area contributed by atoms with Crippen molar-refractivity contribution in [3.8, 4) is 0 Å². The van der Waals surface area contributed by atoms with Gasteiger partial charge in [0.25, 0.3) is 0 Å². The summed E-state index contributed by atoms with van der Waals surface area (Å²) in [6, 6.07) is 0. The standard InChI is InChI=1S/C2H3BrO/c3-1-2-4/h1H,2H2. The SMILES string of the molecule is [O]C[CH]Br. The van der Waals surface area contributed by atoms with E-state index in [0.29, 0.717) is 0 Å². The first kappa shape index (κ1) is 4.44. The lowest BCUT2D eigenvalue weighted by Crippen LogP contribution is -1.63. The number of rotatable bonds is 1. The van der Waals surface area contributed by atoms with Gasteiger partial charge in [-0.1, -0.05) is 15.9 Å². The molecule has 0 saturated carbocycles. The Hall–Kier alpha value is 0.440. The van der Waals surface area contributed by atoms with Crippen LogP contribution in [0.3, 0.4) is 0 Å². The van der Waals surface area contributed by atoms with Gasteiger partial charge in [-0.15, -0.1) is 0 Å². The van der Waals surface area contributed by atoms with Crippen molar-refractivity contribution in [1.29, 1.82) is 0 Å². The average molecular weight is 123 g/mol. The van der Waals surface area contributed by atoms with Gasteiger partial charge in [0.15, 0.2) is 0 Å². The lowest BCUT2D eigenvalue weighted by molar-refractivity contribution is 0.228. The molecule has 0 aliphatic rings. The largest absolute Gasteiger partial charge is 0.235 e. The van der Waals surface area contributed by atoms with Crippen LogP contribution in [0.15, 0.2) is 0 Å². The zero-order valence-electron chi connectivity index (χ0n) is 2.07. The van der Waals surface area contributed by atoms with E-state index in [2.05, 4.69) is 15.9 Å². The molecule has 0 aromatic carbocycles. The van der Waals surface area contributed by atoms with Crippen molar-refractivity contribution >= 4 is 15.9 Å². The molecule has 0 spiro atoms. The van der Waals surface area contributed by atoms with Gasteiger partial charge in [-0.05, 0) is 0 Å². The fraction of sp³-hybridized carbons (Fsp3) is 0.500. The summed E-state index contributed by atoms with van der Waals surface area (Å²) in [6.07, 6.45) is 0. The van der Waals surface area contributed by atoms with E-state index in [4.69, 9.17) is 0 Å². The third kappa shape index (κ3) is 2.44. The van der Waals surface area contributed by atoms with E-state index in [9.17, 15) is 5.11 Å².